The third-order valence-corrected chi connectivity index (χ3v) is 5.94. The van der Waals surface area contributed by atoms with Crippen LogP contribution in [0.4, 0.5) is 5.69 Å². The highest BCUT2D eigenvalue weighted by Crippen LogP contribution is 2.31. The summed E-state index contributed by atoms with van der Waals surface area (Å²) < 4.78 is 7.97. The number of aryl methyl sites for hydroxylation is 1. The summed E-state index contributed by atoms with van der Waals surface area (Å²) in [6.07, 6.45) is 0. The van der Waals surface area contributed by atoms with E-state index in [1.165, 1.54) is 10.9 Å². The number of para-hydroxylation sites is 1. The van der Waals surface area contributed by atoms with E-state index in [1.807, 2.05) is 60.7 Å². The Morgan fingerprint density at radius 1 is 0.882 bits per heavy atom. The number of nitriles is 1. The number of hydrogen-bond acceptors (Lipinski definition) is 3. The number of benzene rings is 4. The quantitative estimate of drug-likeness (QED) is 0.330. The molecule has 1 amide bonds. The van der Waals surface area contributed by atoms with Crippen LogP contribution in [0.2, 0.25) is 0 Å². The fraction of sp³-hybridized carbons (Fsp3) is 0.103. The average Bonchev–Trinajstić information content (AvgIpc) is 3.21. The first-order valence-electron chi connectivity index (χ1n) is 11.2. The van der Waals surface area contributed by atoms with Gasteiger partial charge in [-0.25, -0.2) is 0 Å². The number of nitrogens with one attached hydrogen (secondary N) is 1. The van der Waals surface area contributed by atoms with Gasteiger partial charge >= 0.3 is 0 Å². The molecule has 0 aliphatic carbocycles. The van der Waals surface area contributed by atoms with E-state index >= 15 is 0 Å². The molecule has 0 unspecified atom stereocenters. The Hall–Kier alpha value is -4.56. The van der Waals surface area contributed by atoms with Crippen molar-refractivity contribution in [2.45, 2.75) is 13.5 Å². The number of ether oxygens (including phenoxy) is 1. The van der Waals surface area contributed by atoms with Gasteiger partial charge in [-0.3, -0.25) is 4.79 Å². The van der Waals surface area contributed by atoms with Crippen molar-refractivity contribution in [2.24, 2.45) is 0 Å². The van der Waals surface area contributed by atoms with Crippen molar-refractivity contribution in [2.75, 3.05) is 11.9 Å². The zero-order valence-electron chi connectivity index (χ0n) is 18.8. The smallest absolute Gasteiger partial charge is 0.262 e. The van der Waals surface area contributed by atoms with Crippen LogP contribution in [0.5, 0.6) is 5.75 Å². The summed E-state index contributed by atoms with van der Waals surface area (Å²) in [5, 5.41) is 14.2. The molecule has 166 valence electrons. The van der Waals surface area contributed by atoms with E-state index in [9.17, 15) is 4.79 Å². The summed E-state index contributed by atoms with van der Waals surface area (Å²) in [6, 6.07) is 31.4. The molecule has 0 aliphatic heterocycles. The van der Waals surface area contributed by atoms with Crippen LogP contribution >= 0.6 is 0 Å². The van der Waals surface area contributed by atoms with E-state index in [2.05, 4.69) is 41.1 Å². The molecule has 5 rings (SSSR count). The van der Waals surface area contributed by atoms with Crippen molar-refractivity contribution < 1.29 is 9.53 Å². The topological polar surface area (TPSA) is 67.1 Å². The minimum absolute atomic E-state index is 0.0784. The molecule has 0 aliphatic rings. The summed E-state index contributed by atoms with van der Waals surface area (Å²) in [7, 11) is 0. The van der Waals surface area contributed by atoms with Gasteiger partial charge in [0.05, 0.1) is 11.6 Å². The molecular formula is C29H23N3O2. The molecule has 4 aromatic carbocycles. The third-order valence-electron chi connectivity index (χ3n) is 5.94. The van der Waals surface area contributed by atoms with Crippen LogP contribution in [0.25, 0.3) is 32.9 Å². The molecule has 5 aromatic rings. The van der Waals surface area contributed by atoms with Crippen LogP contribution < -0.4 is 10.1 Å². The highest BCUT2D eigenvalue weighted by atomic mass is 16.5. The van der Waals surface area contributed by atoms with Gasteiger partial charge in [0.1, 0.15) is 5.75 Å². The second-order valence-electron chi connectivity index (χ2n) is 8.04. The van der Waals surface area contributed by atoms with E-state index in [-0.39, 0.29) is 12.5 Å². The number of carbonyl (C=O) groups is 1. The lowest BCUT2D eigenvalue weighted by Crippen LogP contribution is -2.20. The van der Waals surface area contributed by atoms with Crippen LogP contribution in [0, 0.1) is 11.3 Å². The Morgan fingerprint density at radius 3 is 2.26 bits per heavy atom. The van der Waals surface area contributed by atoms with E-state index in [0.29, 0.717) is 11.3 Å². The lowest BCUT2D eigenvalue weighted by Gasteiger charge is -2.09. The standard InChI is InChI=1S/C29H23N3O2/c1-2-32-27-6-4-3-5-25(27)26-17-23(13-16-28(26)32)31-29(33)19-34-24-14-11-22(12-15-24)21-9-7-20(18-30)8-10-21/h3-17H,2,19H2,1H3,(H,31,33). The van der Waals surface area contributed by atoms with E-state index < -0.39 is 0 Å². The first-order valence-corrected chi connectivity index (χ1v) is 11.2. The van der Waals surface area contributed by atoms with Crippen LogP contribution in [-0.4, -0.2) is 17.1 Å². The molecule has 0 spiro atoms. The molecule has 0 atom stereocenters. The van der Waals surface area contributed by atoms with Crippen molar-refractivity contribution >= 4 is 33.4 Å². The summed E-state index contributed by atoms with van der Waals surface area (Å²) >= 11 is 0. The Bertz CT molecular complexity index is 1520. The maximum atomic E-state index is 12.5. The van der Waals surface area contributed by atoms with Gasteiger partial charge in [0, 0.05) is 34.0 Å². The first kappa shape index (κ1) is 21.3. The van der Waals surface area contributed by atoms with Crippen LogP contribution in [0.15, 0.2) is 91.0 Å². The number of hydrogen-bond donors (Lipinski definition) is 1. The van der Waals surface area contributed by atoms with Gasteiger partial charge in [-0.05, 0) is 66.6 Å². The number of fused-ring (bicyclic) bond motifs is 3. The number of rotatable bonds is 6. The second kappa shape index (κ2) is 9.13. The maximum Gasteiger partial charge on any atom is 0.262 e. The minimum atomic E-state index is -0.213. The molecule has 0 bridgehead atoms. The van der Waals surface area contributed by atoms with Crippen molar-refractivity contribution in [3.05, 3.63) is 96.6 Å². The summed E-state index contributed by atoms with van der Waals surface area (Å²) in [5.41, 5.74) is 5.75. The molecule has 1 N–H and O–H groups in total. The van der Waals surface area contributed by atoms with Crippen molar-refractivity contribution in [1.29, 1.82) is 5.26 Å². The summed E-state index contributed by atoms with van der Waals surface area (Å²) in [6.45, 7) is 2.94. The van der Waals surface area contributed by atoms with E-state index in [1.54, 1.807) is 12.1 Å². The SMILES string of the molecule is CCn1c2ccccc2c2cc(NC(=O)COc3ccc(-c4ccc(C#N)cc4)cc3)ccc21. The Morgan fingerprint density at radius 2 is 1.56 bits per heavy atom. The predicted octanol–water partition coefficient (Wildman–Crippen LogP) is 6.37. The highest BCUT2D eigenvalue weighted by Gasteiger charge is 2.11. The fourth-order valence-corrected chi connectivity index (χ4v) is 4.30. The molecular weight excluding hydrogens is 422 g/mol. The lowest BCUT2D eigenvalue weighted by molar-refractivity contribution is -0.118. The Labute approximate surface area is 197 Å². The number of aromatic nitrogens is 1. The minimum Gasteiger partial charge on any atom is -0.484 e. The molecule has 0 saturated carbocycles. The molecule has 1 aromatic heterocycles. The second-order valence-corrected chi connectivity index (χ2v) is 8.04. The zero-order valence-corrected chi connectivity index (χ0v) is 18.8. The number of amides is 1. The molecule has 5 heteroatoms. The van der Waals surface area contributed by atoms with Crippen molar-refractivity contribution in [3.8, 4) is 22.9 Å². The van der Waals surface area contributed by atoms with Crippen LogP contribution in [0.1, 0.15) is 12.5 Å². The van der Waals surface area contributed by atoms with E-state index in [0.717, 1.165) is 34.3 Å². The molecule has 0 saturated heterocycles. The first-order chi connectivity index (χ1) is 16.7. The van der Waals surface area contributed by atoms with Crippen molar-refractivity contribution in [3.63, 3.8) is 0 Å². The van der Waals surface area contributed by atoms with Gasteiger partial charge < -0.3 is 14.6 Å². The van der Waals surface area contributed by atoms with Gasteiger partial charge in [0.2, 0.25) is 0 Å². The lowest BCUT2D eigenvalue weighted by atomic mass is 10.0. The highest BCUT2D eigenvalue weighted by molar-refractivity contribution is 6.09. The molecule has 1 heterocycles. The molecule has 0 fully saturated rings. The van der Waals surface area contributed by atoms with E-state index in [4.69, 9.17) is 10.00 Å². The monoisotopic (exact) mass is 445 g/mol. The summed E-state index contributed by atoms with van der Waals surface area (Å²) in [4.78, 5) is 12.5. The zero-order chi connectivity index (χ0) is 23.5. The fourth-order valence-electron chi connectivity index (χ4n) is 4.30. The number of anilines is 1. The van der Waals surface area contributed by atoms with Gasteiger partial charge in [-0.15, -0.1) is 0 Å². The Balaban J connectivity index is 1.25. The summed E-state index contributed by atoms with van der Waals surface area (Å²) in [5.74, 6) is 0.406. The van der Waals surface area contributed by atoms with Crippen LogP contribution in [-0.2, 0) is 11.3 Å². The molecule has 34 heavy (non-hydrogen) atoms. The number of nitrogens with zero attached hydrogens (tertiary/aromatic N) is 2. The van der Waals surface area contributed by atoms with Gasteiger partial charge in [-0.2, -0.15) is 5.26 Å². The van der Waals surface area contributed by atoms with Gasteiger partial charge in [-0.1, -0.05) is 42.5 Å². The predicted molar refractivity (Wildman–Crippen MR) is 136 cm³/mol. The number of carbonyl (C=O) groups excluding carboxylic acids is 1. The molecule has 0 radical (unpaired) electrons. The third kappa shape index (κ3) is 4.10. The largest absolute Gasteiger partial charge is 0.484 e. The van der Waals surface area contributed by atoms with Crippen LogP contribution in [0.3, 0.4) is 0 Å². The van der Waals surface area contributed by atoms with Gasteiger partial charge in [0.15, 0.2) is 6.61 Å². The molecule has 5 nitrogen and oxygen atoms in total. The normalized spacial score (nSPS) is 10.8. The Kier molecular flexibility index (Phi) is 5.72. The maximum absolute atomic E-state index is 12.5. The average molecular weight is 446 g/mol. The van der Waals surface area contributed by atoms with Gasteiger partial charge in [0.25, 0.3) is 5.91 Å². The van der Waals surface area contributed by atoms with Crippen molar-refractivity contribution in [1.82, 2.24) is 4.57 Å².